The Labute approximate surface area is 91.3 Å². The van der Waals surface area contributed by atoms with Crippen LogP contribution in [0.15, 0.2) is 48.1 Å². The first-order valence-electron chi connectivity index (χ1n) is 5.66. The van der Waals surface area contributed by atoms with Crippen LogP contribution in [0.4, 0.5) is 0 Å². The van der Waals surface area contributed by atoms with Crippen molar-refractivity contribution in [3.8, 4) is 0 Å². The number of fused-ring (bicyclic) bond motifs is 1. The summed E-state index contributed by atoms with van der Waals surface area (Å²) in [6, 6.07) is 8.79. The summed E-state index contributed by atoms with van der Waals surface area (Å²) in [6.07, 6.45) is 8.41. The summed E-state index contributed by atoms with van der Waals surface area (Å²) >= 11 is 0. The number of allylic oxidation sites excluding steroid dienone is 4. The van der Waals surface area contributed by atoms with Gasteiger partial charge in [0.05, 0.1) is 0 Å². The molecule has 0 nitrogen and oxygen atoms in total. The molecule has 0 bridgehead atoms. The summed E-state index contributed by atoms with van der Waals surface area (Å²) in [7, 11) is 0. The van der Waals surface area contributed by atoms with E-state index >= 15 is 0 Å². The Morgan fingerprint density at radius 1 is 1.20 bits per heavy atom. The van der Waals surface area contributed by atoms with Crippen LogP contribution < -0.4 is 0 Å². The van der Waals surface area contributed by atoms with Gasteiger partial charge in [0.1, 0.15) is 0 Å². The maximum absolute atomic E-state index is 2.42. The lowest BCUT2D eigenvalue weighted by Crippen LogP contribution is -2.10. The van der Waals surface area contributed by atoms with Crippen LogP contribution in [0.5, 0.6) is 0 Å². The zero-order valence-corrected chi connectivity index (χ0v) is 9.33. The number of aryl methyl sites for hydroxylation is 1. The third-order valence-electron chi connectivity index (χ3n) is 3.81. The second kappa shape index (κ2) is 2.85. The molecule has 1 saturated carbocycles. The van der Waals surface area contributed by atoms with Gasteiger partial charge in [-0.3, -0.25) is 0 Å². The van der Waals surface area contributed by atoms with Crippen LogP contribution in [0.25, 0.3) is 0 Å². The minimum atomic E-state index is 0.352. The van der Waals surface area contributed by atoms with Crippen LogP contribution in [-0.4, -0.2) is 0 Å². The van der Waals surface area contributed by atoms with Gasteiger partial charge in [0, 0.05) is 5.41 Å². The molecule has 2 aliphatic carbocycles. The molecule has 0 aliphatic heterocycles. The quantitative estimate of drug-likeness (QED) is 0.641. The van der Waals surface area contributed by atoms with Crippen molar-refractivity contribution < 1.29 is 0 Å². The van der Waals surface area contributed by atoms with Crippen molar-refractivity contribution in [2.75, 3.05) is 0 Å². The second-order valence-corrected chi connectivity index (χ2v) is 4.91. The highest BCUT2D eigenvalue weighted by Crippen LogP contribution is 2.59. The predicted octanol–water partition coefficient (Wildman–Crippen LogP) is 3.77. The summed E-state index contributed by atoms with van der Waals surface area (Å²) in [5.41, 5.74) is 4.72. The Balaban J connectivity index is 2.06. The minimum Gasteiger partial charge on any atom is -0.0772 e. The average molecular weight is 196 g/mol. The standard InChI is InChI=1S/C15H16/c1-11-7-8-15(10-13(15)9-11)14-6-4-3-5-12(14)2/h3-9,13H,10H2,1-2H3. The van der Waals surface area contributed by atoms with Crippen LogP contribution >= 0.6 is 0 Å². The molecule has 0 saturated heterocycles. The topological polar surface area (TPSA) is 0 Å². The molecule has 1 aromatic rings. The summed E-state index contributed by atoms with van der Waals surface area (Å²) in [6.45, 7) is 4.41. The molecule has 2 aliphatic rings. The fraction of sp³-hybridized carbons (Fsp3) is 0.333. The summed E-state index contributed by atoms with van der Waals surface area (Å²) in [5.74, 6) is 0.753. The van der Waals surface area contributed by atoms with Gasteiger partial charge in [-0.15, -0.1) is 0 Å². The van der Waals surface area contributed by atoms with E-state index in [4.69, 9.17) is 0 Å². The van der Waals surface area contributed by atoms with Crippen molar-refractivity contribution in [1.29, 1.82) is 0 Å². The van der Waals surface area contributed by atoms with E-state index in [-0.39, 0.29) is 0 Å². The van der Waals surface area contributed by atoms with Crippen molar-refractivity contribution in [2.45, 2.75) is 25.7 Å². The molecule has 1 aromatic carbocycles. The molecule has 3 rings (SSSR count). The molecule has 0 heteroatoms. The zero-order chi connectivity index (χ0) is 10.5. The monoisotopic (exact) mass is 196 g/mol. The molecular weight excluding hydrogens is 180 g/mol. The fourth-order valence-corrected chi connectivity index (χ4v) is 2.85. The van der Waals surface area contributed by atoms with E-state index in [1.54, 1.807) is 0 Å². The van der Waals surface area contributed by atoms with Crippen LogP contribution in [-0.2, 0) is 5.41 Å². The van der Waals surface area contributed by atoms with E-state index in [9.17, 15) is 0 Å². The van der Waals surface area contributed by atoms with Crippen molar-refractivity contribution >= 4 is 0 Å². The van der Waals surface area contributed by atoms with Crippen molar-refractivity contribution in [3.05, 3.63) is 59.2 Å². The first kappa shape index (κ1) is 8.96. The Kier molecular flexibility index (Phi) is 1.70. The molecule has 2 atom stereocenters. The van der Waals surface area contributed by atoms with Crippen LogP contribution in [0.2, 0.25) is 0 Å². The highest BCUT2D eigenvalue weighted by molar-refractivity contribution is 5.50. The molecule has 1 fully saturated rings. The van der Waals surface area contributed by atoms with Crippen LogP contribution in [0.3, 0.4) is 0 Å². The average Bonchev–Trinajstić information content (AvgIpc) is 2.93. The van der Waals surface area contributed by atoms with Gasteiger partial charge in [-0.2, -0.15) is 0 Å². The molecular formula is C15H16. The van der Waals surface area contributed by atoms with Gasteiger partial charge in [0.15, 0.2) is 0 Å². The minimum absolute atomic E-state index is 0.352. The fourth-order valence-electron chi connectivity index (χ4n) is 2.85. The molecule has 2 unspecified atom stereocenters. The second-order valence-electron chi connectivity index (χ2n) is 4.91. The Morgan fingerprint density at radius 3 is 2.73 bits per heavy atom. The number of benzene rings is 1. The van der Waals surface area contributed by atoms with E-state index < -0.39 is 0 Å². The van der Waals surface area contributed by atoms with Crippen molar-refractivity contribution in [2.24, 2.45) is 5.92 Å². The lowest BCUT2D eigenvalue weighted by molar-refractivity contribution is 0.802. The number of hydrogen-bond donors (Lipinski definition) is 0. The van der Waals surface area contributed by atoms with Crippen LogP contribution in [0.1, 0.15) is 24.5 Å². The normalized spacial score (nSPS) is 32.1. The summed E-state index contributed by atoms with van der Waals surface area (Å²) in [5, 5.41) is 0. The van der Waals surface area contributed by atoms with Gasteiger partial charge in [0.2, 0.25) is 0 Å². The largest absolute Gasteiger partial charge is 0.0772 e. The van der Waals surface area contributed by atoms with Gasteiger partial charge < -0.3 is 0 Å². The number of rotatable bonds is 1. The first-order chi connectivity index (χ1) is 7.22. The molecule has 0 N–H and O–H groups in total. The van der Waals surface area contributed by atoms with Gasteiger partial charge in [0.25, 0.3) is 0 Å². The molecule has 0 spiro atoms. The SMILES string of the molecule is CC1=CC2CC2(c2ccccc2C)C=C1. The Bertz CT molecular complexity index is 465. The molecule has 0 heterocycles. The van der Waals surface area contributed by atoms with Crippen LogP contribution in [0, 0.1) is 12.8 Å². The maximum atomic E-state index is 2.42. The molecule has 0 radical (unpaired) electrons. The molecule has 15 heavy (non-hydrogen) atoms. The highest BCUT2D eigenvalue weighted by atomic mass is 14.6. The first-order valence-corrected chi connectivity index (χ1v) is 5.66. The third kappa shape index (κ3) is 1.21. The van der Waals surface area contributed by atoms with E-state index in [1.807, 2.05) is 0 Å². The van der Waals surface area contributed by atoms with E-state index in [0.717, 1.165) is 5.92 Å². The van der Waals surface area contributed by atoms with E-state index in [0.29, 0.717) is 5.41 Å². The lowest BCUT2D eigenvalue weighted by atomic mass is 9.86. The third-order valence-corrected chi connectivity index (χ3v) is 3.81. The van der Waals surface area contributed by atoms with Gasteiger partial charge in [-0.05, 0) is 37.3 Å². The Morgan fingerprint density at radius 2 is 2.00 bits per heavy atom. The van der Waals surface area contributed by atoms with E-state index in [1.165, 1.54) is 23.1 Å². The smallest absolute Gasteiger partial charge is 0.0207 e. The highest BCUT2D eigenvalue weighted by Gasteiger charge is 2.53. The molecule has 76 valence electrons. The van der Waals surface area contributed by atoms with E-state index in [2.05, 4.69) is 56.3 Å². The summed E-state index contributed by atoms with van der Waals surface area (Å²) in [4.78, 5) is 0. The van der Waals surface area contributed by atoms with Gasteiger partial charge in [-0.25, -0.2) is 0 Å². The zero-order valence-electron chi connectivity index (χ0n) is 9.33. The molecule has 0 aromatic heterocycles. The van der Waals surface area contributed by atoms with Gasteiger partial charge in [-0.1, -0.05) is 48.1 Å². The lowest BCUT2D eigenvalue weighted by Gasteiger charge is -2.18. The van der Waals surface area contributed by atoms with Crippen molar-refractivity contribution in [3.63, 3.8) is 0 Å². The van der Waals surface area contributed by atoms with Crippen molar-refractivity contribution in [1.82, 2.24) is 0 Å². The maximum Gasteiger partial charge on any atom is 0.0207 e. The van der Waals surface area contributed by atoms with Gasteiger partial charge >= 0.3 is 0 Å². The predicted molar refractivity (Wildman–Crippen MR) is 63.9 cm³/mol. The summed E-state index contributed by atoms with van der Waals surface area (Å²) < 4.78 is 0. The Hall–Kier alpha value is -1.30. The number of hydrogen-bond acceptors (Lipinski definition) is 0. The molecule has 0 amide bonds.